The number of aromatic hydroxyl groups is 1. The number of aromatic nitrogens is 1. The number of hydrogen-bond acceptors (Lipinski definition) is 4. The predicted octanol–water partition coefficient (Wildman–Crippen LogP) is 5.86. The number of phenolic OH excluding ortho intramolecular Hbond substituents is 1. The van der Waals surface area contributed by atoms with Gasteiger partial charge in [-0.3, -0.25) is 4.79 Å². The van der Waals surface area contributed by atoms with E-state index in [-0.39, 0.29) is 17.7 Å². The second kappa shape index (κ2) is 12.7. The second-order valence-corrected chi connectivity index (χ2v) is 10.8. The van der Waals surface area contributed by atoms with Crippen molar-refractivity contribution >= 4 is 16.8 Å². The van der Waals surface area contributed by atoms with E-state index in [1.807, 2.05) is 29.2 Å². The third-order valence-corrected chi connectivity index (χ3v) is 7.93. The van der Waals surface area contributed by atoms with Gasteiger partial charge in [0, 0.05) is 62.9 Å². The van der Waals surface area contributed by atoms with Crippen LogP contribution >= 0.6 is 0 Å². The molecule has 5 rings (SSSR count). The summed E-state index contributed by atoms with van der Waals surface area (Å²) in [4.78, 5) is 15.3. The highest BCUT2D eigenvalue weighted by Gasteiger charge is 2.28. The standard InChI is InChI=1S/C33H38FN3O3/c1-40-17-5-16-37-30-8-3-2-6-26(30)20-31(37)27-7-4-15-36(22-27)33(39)21-28(35)18-23-9-11-24(12-10-23)25-13-14-32(38)29(34)19-25/h2-3,6,8-14,19-20,27-28,38H,4-5,7,15-18,21-22,35H2,1H3/t27?,28-/m1/s1. The first kappa shape index (κ1) is 27.9. The molecule has 4 aromatic rings. The maximum absolute atomic E-state index is 13.7. The Bertz CT molecular complexity index is 1450. The van der Waals surface area contributed by atoms with Crippen LogP contribution in [0.3, 0.4) is 0 Å². The fourth-order valence-electron chi connectivity index (χ4n) is 5.88. The van der Waals surface area contributed by atoms with Gasteiger partial charge in [-0.15, -0.1) is 0 Å². The maximum atomic E-state index is 13.7. The molecule has 1 amide bonds. The smallest absolute Gasteiger partial charge is 0.224 e. The molecule has 1 aliphatic heterocycles. The van der Waals surface area contributed by atoms with Crippen LogP contribution in [0.15, 0.2) is 72.8 Å². The molecule has 1 aromatic heterocycles. The van der Waals surface area contributed by atoms with Gasteiger partial charge in [0.1, 0.15) is 0 Å². The lowest BCUT2D eigenvalue weighted by Crippen LogP contribution is -2.42. The van der Waals surface area contributed by atoms with Gasteiger partial charge in [-0.2, -0.15) is 0 Å². The third kappa shape index (κ3) is 6.37. The topological polar surface area (TPSA) is 80.7 Å². The number of rotatable bonds is 10. The molecule has 40 heavy (non-hydrogen) atoms. The molecule has 2 atom stereocenters. The fraction of sp³-hybridized carbons (Fsp3) is 0.364. The molecule has 6 nitrogen and oxygen atoms in total. The summed E-state index contributed by atoms with van der Waals surface area (Å²) in [5, 5.41) is 10.7. The van der Waals surface area contributed by atoms with Crippen LogP contribution in [-0.4, -0.2) is 53.3 Å². The summed E-state index contributed by atoms with van der Waals surface area (Å²) in [6.45, 7) is 3.09. The number of likely N-dealkylation sites (tertiary alicyclic amines) is 1. The van der Waals surface area contributed by atoms with Crippen molar-refractivity contribution in [2.75, 3.05) is 26.8 Å². The van der Waals surface area contributed by atoms with E-state index in [0.29, 0.717) is 30.9 Å². The first-order valence-electron chi connectivity index (χ1n) is 14.1. The number of nitrogens with two attached hydrogens (primary N) is 1. The number of halogens is 1. The number of amides is 1. The maximum Gasteiger partial charge on any atom is 0.224 e. The molecule has 0 radical (unpaired) electrons. The third-order valence-electron chi connectivity index (χ3n) is 7.93. The lowest BCUT2D eigenvalue weighted by Gasteiger charge is -2.34. The molecule has 3 N–H and O–H groups in total. The van der Waals surface area contributed by atoms with E-state index < -0.39 is 5.82 Å². The van der Waals surface area contributed by atoms with Crippen LogP contribution < -0.4 is 5.73 Å². The van der Waals surface area contributed by atoms with E-state index in [4.69, 9.17) is 10.5 Å². The van der Waals surface area contributed by atoms with Crippen molar-refractivity contribution in [1.82, 2.24) is 9.47 Å². The molecule has 0 spiro atoms. The number of benzene rings is 3. The number of fused-ring (bicyclic) bond motifs is 1. The van der Waals surface area contributed by atoms with Gasteiger partial charge < -0.3 is 25.0 Å². The number of methoxy groups -OCH3 is 1. The Kier molecular flexibility index (Phi) is 8.82. The van der Waals surface area contributed by atoms with E-state index in [2.05, 4.69) is 34.9 Å². The van der Waals surface area contributed by atoms with Gasteiger partial charge in [-0.25, -0.2) is 4.39 Å². The molecular formula is C33H38FN3O3. The van der Waals surface area contributed by atoms with Gasteiger partial charge in [0.15, 0.2) is 11.6 Å². The number of para-hydroxylation sites is 1. The first-order valence-corrected chi connectivity index (χ1v) is 14.1. The van der Waals surface area contributed by atoms with Crippen molar-refractivity contribution in [3.8, 4) is 16.9 Å². The van der Waals surface area contributed by atoms with Crippen molar-refractivity contribution in [1.29, 1.82) is 0 Å². The van der Waals surface area contributed by atoms with Crippen LogP contribution in [0.25, 0.3) is 22.0 Å². The van der Waals surface area contributed by atoms with Gasteiger partial charge in [0.2, 0.25) is 5.91 Å². The normalized spacial score (nSPS) is 16.4. The van der Waals surface area contributed by atoms with Crippen molar-refractivity contribution in [2.45, 2.75) is 50.6 Å². The van der Waals surface area contributed by atoms with Crippen molar-refractivity contribution in [3.05, 3.63) is 89.9 Å². The Labute approximate surface area is 235 Å². The van der Waals surface area contributed by atoms with E-state index in [1.165, 1.54) is 28.7 Å². The molecule has 1 saturated heterocycles. The molecule has 7 heteroatoms. The van der Waals surface area contributed by atoms with Crippen LogP contribution in [-0.2, 0) is 22.5 Å². The zero-order valence-electron chi connectivity index (χ0n) is 23.1. The van der Waals surface area contributed by atoms with Gasteiger partial charge in [-0.05, 0) is 72.0 Å². The number of carbonyl (C=O) groups is 1. The molecule has 0 aliphatic carbocycles. The highest BCUT2D eigenvalue weighted by Crippen LogP contribution is 2.32. The van der Waals surface area contributed by atoms with Crippen molar-refractivity contribution in [3.63, 3.8) is 0 Å². The van der Waals surface area contributed by atoms with Crippen LogP contribution in [0, 0.1) is 5.82 Å². The van der Waals surface area contributed by atoms with Crippen molar-refractivity contribution < 1.29 is 19.0 Å². The number of nitrogens with zero attached hydrogens (tertiary/aromatic N) is 2. The Hall–Kier alpha value is -3.68. The number of aryl methyl sites for hydroxylation is 1. The van der Waals surface area contributed by atoms with E-state index in [9.17, 15) is 14.3 Å². The zero-order chi connectivity index (χ0) is 28.1. The van der Waals surface area contributed by atoms with E-state index >= 15 is 0 Å². The van der Waals surface area contributed by atoms with Crippen LogP contribution in [0.2, 0.25) is 0 Å². The summed E-state index contributed by atoms with van der Waals surface area (Å²) in [7, 11) is 1.74. The minimum atomic E-state index is -0.644. The molecule has 210 valence electrons. The molecular weight excluding hydrogens is 505 g/mol. The molecule has 1 fully saturated rings. The van der Waals surface area contributed by atoms with Crippen LogP contribution in [0.1, 0.15) is 42.9 Å². The quantitative estimate of drug-likeness (QED) is 0.246. The van der Waals surface area contributed by atoms with E-state index in [0.717, 1.165) is 50.1 Å². The lowest BCUT2D eigenvalue weighted by atomic mass is 9.93. The Balaban J connectivity index is 1.21. The largest absolute Gasteiger partial charge is 0.505 e. The zero-order valence-corrected chi connectivity index (χ0v) is 23.1. The first-order chi connectivity index (χ1) is 19.4. The number of phenols is 1. The van der Waals surface area contributed by atoms with Crippen LogP contribution in [0.5, 0.6) is 5.75 Å². The highest BCUT2D eigenvalue weighted by atomic mass is 19.1. The molecule has 3 aromatic carbocycles. The number of piperidine rings is 1. The van der Waals surface area contributed by atoms with Gasteiger partial charge in [0.25, 0.3) is 0 Å². The van der Waals surface area contributed by atoms with Gasteiger partial charge >= 0.3 is 0 Å². The molecule has 0 bridgehead atoms. The monoisotopic (exact) mass is 543 g/mol. The SMILES string of the molecule is COCCCn1c(C2CCCN(C(=O)C[C@H](N)Cc3ccc(-c4ccc(O)c(F)c4)cc3)C2)cc2ccccc21. The minimum Gasteiger partial charge on any atom is -0.505 e. The number of hydrogen-bond donors (Lipinski definition) is 2. The molecule has 0 saturated carbocycles. The van der Waals surface area contributed by atoms with Gasteiger partial charge in [0.05, 0.1) is 0 Å². The van der Waals surface area contributed by atoms with Crippen LogP contribution in [0.4, 0.5) is 4.39 Å². The minimum absolute atomic E-state index is 0.107. The Morgan fingerprint density at radius 3 is 2.65 bits per heavy atom. The second-order valence-electron chi connectivity index (χ2n) is 10.8. The highest BCUT2D eigenvalue weighted by molar-refractivity contribution is 5.82. The summed E-state index contributed by atoms with van der Waals surface area (Å²) in [6.07, 6.45) is 3.87. The average Bonchev–Trinajstić information content (AvgIpc) is 3.34. The summed E-state index contributed by atoms with van der Waals surface area (Å²) >= 11 is 0. The fourth-order valence-corrected chi connectivity index (χ4v) is 5.88. The molecule has 1 aliphatic rings. The Morgan fingerprint density at radius 1 is 1.10 bits per heavy atom. The summed E-state index contributed by atoms with van der Waals surface area (Å²) in [6, 6.07) is 22.6. The predicted molar refractivity (Wildman–Crippen MR) is 157 cm³/mol. The molecule has 1 unspecified atom stereocenters. The lowest BCUT2D eigenvalue weighted by molar-refractivity contribution is -0.132. The van der Waals surface area contributed by atoms with Crippen molar-refractivity contribution in [2.24, 2.45) is 5.73 Å². The Morgan fingerprint density at radius 2 is 1.88 bits per heavy atom. The summed E-state index contributed by atoms with van der Waals surface area (Å²) < 4.78 is 21.4. The van der Waals surface area contributed by atoms with Gasteiger partial charge in [-0.1, -0.05) is 48.5 Å². The number of ether oxygens (including phenoxy) is 1. The molecule has 2 heterocycles. The summed E-state index contributed by atoms with van der Waals surface area (Å²) in [5.74, 6) is -0.605. The summed E-state index contributed by atoms with van der Waals surface area (Å²) in [5.41, 5.74) is 11.6. The average molecular weight is 544 g/mol. The van der Waals surface area contributed by atoms with E-state index in [1.54, 1.807) is 13.2 Å². The number of carbonyl (C=O) groups excluding carboxylic acids is 1.